The highest BCUT2D eigenvalue weighted by Crippen LogP contribution is 2.19. The van der Waals surface area contributed by atoms with Crippen molar-refractivity contribution in [3.8, 4) is 0 Å². The Morgan fingerprint density at radius 2 is 2.15 bits per heavy atom. The van der Waals surface area contributed by atoms with Crippen LogP contribution >= 0.6 is 0 Å². The van der Waals surface area contributed by atoms with Gasteiger partial charge in [-0.15, -0.1) is 0 Å². The maximum Gasteiger partial charge on any atom is 0.211 e. The summed E-state index contributed by atoms with van der Waals surface area (Å²) in [5, 5.41) is 0. The lowest BCUT2D eigenvalue weighted by atomic mass is 9.99. The van der Waals surface area contributed by atoms with Crippen molar-refractivity contribution in [1.29, 1.82) is 0 Å². The van der Waals surface area contributed by atoms with Gasteiger partial charge in [-0.05, 0) is 38.3 Å². The Kier molecular flexibility index (Phi) is 7.98. The summed E-state index contributed by atoms with van der Waals surface area (Å²) in [5.41, 5.74) is 5.57. The van der Waals surface area contributed by atoms with Crippen LogP contribution in [-0.4, -0.2) is 76.9 Å². The fraction of sp³-hybridized carbons (Fsp3) is 1.00. The van der Waals surface area contributed by atoms with Crippen LogP contribution in [0.15, 0.2) is 0 Å². The molecular formula is C13H29N3O3S. The van der Waals surface area contributed by atoms with Gasteiger partial charge in [0.05, 0.1) is 12.9 Å². The zero-order chi connectivity index (χ0) is 15.0. The largest absolute Gasteiger partial charge is 0.383 e. The fourth-order valence-electron chi connectivity index (χ4n) is 2.67. The Morgan fingerprint density at radius 1 is 1.40 bits per heavy atom. The highest BCUT2D eigenvalue weighted by Gasteiger charge is 2.26. The Morgan fingerprint density at radius 3 is 2.75 bits per heavy atom. The molecule has 0 aromatic carbocycles. The predicted octanol–water partition coefficient (Wildman–Crippen LogP) is -0.0448. The van der Waals surface area contributed by atoms with Crippen molar-refractivity contribution in [2.24, 2.45) is 11.7 Å². The zero-order valence-corrected chi connectivity index (χ0v) is 13.6. The number of rotatable bonds is 9. The van der Waals surface area contributed by atoms with Crippen LogP contribution in [0.4, 0.5) is 0 Å². The van der Waals surface area contributed by atoms with Crippen molar-refractivity contribution in [1.82, 2.24) is 9.21 Å². The molecule has 0 radical (unpaired) electrons. The summed E-state index contributed by atoms with van der Waals surface area (Å²) < 4.78 is 30.0. The van der Waals surface area contributed by atoms with Crippen LogP contribution in [0.2, 0.25) is 0 Å². The second-order valence-electron chi connectivity index (χ2n) is 5.56. The topological polar surface area (TPSA) is 75.9 Å². The average Bonchev–Trinajstić information content (AvgIpc) is 2.41. The van der Waals surface area contributed by atoms with Gasteiger partial charge in [-0.25, -0.2) is 12.7 Å². The van der Waals surface area contributed by atoms with Crippen molar-refractivity contribution < 1.29 is 13.2 Å². The van der Waals surface area contributed by atoms with E-state index in [1.165, 1.54) is 6.26 Å². The van der Waals surface area contributed by atoms with E-state index >= 15 is 0 Å². The lowest BCUT2D eigenvalue weighted by Crippen LogP contribution is -2.44. The van der Waals surface area contributed by atoms with Crippen LogP contribution in [0.25, 0.3) is 0 Å². The zero-order valence-electron chi connectivity index (χ0n) is 12.8. The summed E-state index contributed by atoms with van der Waals surface area (Å²) >= 11 is 0. The Labute approximate surface area is 123 Å². The molecule has 0 saturated carbocycles. The minimum absolute atomic E-state index is 0.410. The first-order valence-electron chi connectivity index (χ1n) is 7.34. The second-order valence-corrected chi connectivity index (χ2v) is 7.55. The molecule has 0 spiro atoms. The number of piperidine rings is 1. The molecule has 1 aliphatic heterocycles. The molecule has 1 aliphatic rings. The SMILES string of the molecule is COCCN(CCCN)CC1CCCN(S(C)(=O)=O)C1. The summed E-state index contributed by atoms with van der Waals surface area (Å²) in [4.78, 5) is 2.34. The van der Waals surface area contributed by atoms with Gasteiger partial charge in [-0.3, -0.25) is 0 Å². The van der Waals surface area contributed by atoms with E-state index < -0.39 is 10.0 Å². The van der Waals surface area contributed by atoms with Crippen LogP contribution in [0.5, 0.6) is 0 Å². The summed E-state index contributed by atoms with van der Waals surface area (Å²) in [7, 11) is -1.36. The van der Waals surface area contributed by atoms with Crippen molar-refractivity contribution in [2.75, 3.05) is 59.2 Å². The van der Waals surface area contributed by atoms with Gasteiger partial charge in [0.1, 0.15) is 0 Å². The van der Waals surface area contributed by atoms with E-state index in [-0.39, 0.29) is 0 Å². The monoisotopic (exact) mass is 307 g/mol. The summed E-state index contributed by atoms with van der Waals surface area (Å²) in [6.45, 7) is 5.45. The smallest absolute Gasteiger partial charge is 0.211 e. The van der Waals surface area contributed by atoms with Gasteiger partial charge < -0.3 is 15.4 Å². The lowest BCUT2D eigenvalue weighted by molar-refractivity contribution is 0.123. The molecule has 1 heterocycles. The molecule has 1 fully saturated rings. The molecule has 120 valence electrons. The van der Waals surface area contributed by atoms with Gasteiger partial charge in [-0.2, -0.15) is 0 Å². The number of nitrogens with two attached hydrogens (primary N) is 1. The summed E-state index contributed by atoms with van der Waals surface area (Å²) in [6.07, 6.45) is 4.31. The molecule has 1 unspecified atom stereocenters. The number of methoxy groups -OCH3 is 1. The molecule has 7 heteroatoms. The minimum atomic E-state index is -3.06. The minimum Gasteiger partial charge on any atom is -0.383 e. The van der Waals surface area contributed by atoms with Gasteiger partial charge >= 0.3 is 0 Å². The molecule has 2 N–H and O–H groups in total. The third-order valence-electron chi connectivity index (χ3n) is 3.76. The van der Waals surface area contributed by atoms with E-state index in [9.17, 15) is 8.42 Å². The Balaban J connectivity index is 2.49. The van der Waals surface area contributed by atoms with Gasteiger partial charge in [0.25, 0.3) is 0 Å². The molecule has 0 bridgehead atoms. The van der Waals surface area contributed by atoms with E-state index in [0.29, 0.717) is 32.2 Å². The first kappa shape index (κ1) is 17.8. The molecule has 1 rings (SSSR count). The fourth-order valence-corrected chi connectivity index (χ4v) is 3.61. The molecule has 0 amide bonds. The van der Waals surface area contributed by atoms with Crippen LogP contribution in [0, 0.1) is 5.92 Å². The Bertz CT molecular complexity index is 354. The van der Waals surface area contributed by atoms with Gasteiger partial charge in [0, 0.05) is 33.3 Å². The molecule has 1 atom stereocenters. The van der Waals surface area contributed by atoms with Crippen LogP contribution < -0.4 is 5.73 Å². The molecule has 6 nitrogen and oxygen atoms in total. The van der Waals surface area contributed by atoms with Crippen LogP contribution in [0.1, 0.15) is 19.3 Å². The van der Waals surface area contributed by atoms with E-state index in [4.69, 9.17) is 10.5 Å². The van der Waals surface area contributed by atoms with Crippen molar-refractivity contribution in [2.45, 2.75) is 19.3 Å². The normalized spacial score (nSPS) is 21.5. The van der Waals surface area contributed by atoms with Gasteiger partial charge in [-0.1, -0.05) is 0 Å². The van der Waals surface area contributed by atoms with Crippen molar-refractivity contribution in [3.05, 3.63) is 0 Å². The predicted molar refractivity (Wildman–Crippen MR) is 81.1 cm³/mol. The van der Waals surface area contributed by atoms with Gasteiger partial charge in [0.2, 0.25) is 10.0 Å². The van der Waals surface area contributed by atoms with E-state index in [1.807, 2.05) is 0 Å². The quantitative estimate of drug-likeness (QED) is 0.647. The third-order valence-corrected chi connectivity index (χ3v) is 5.03. The Hall–Kier alpha value is -0.210. The number of sulfonamides is 1. The molecule has 0 aliphatic carbocycles. The number of hydrogen-bond donors (Lipinski definition) is 1. The first-order valence-corrected chi connectivity index (χ1v) is 9.18. The highest BCUT2D eigenvalue weighted by atomic mass is 32.2. The lowest BCUT2D eigenvalue weighted by Gasteiger charge is -2.34. The average molecular weight is 307 g/mol. The third kappa shape index (κ3) is 6.49. The van der Waals surface area contributed by atoms with E-state index in [2.05, 4.69) is 4.90 Å². The molecule has 1 saturated heterocycles. The van der Waals surface area contributed by atoms with Crippen LogP contribution in [0.3, 0.4) is 0 Å². The van der Waals surface area contributed by atoms with E-state index in [1.54, 1.807) is 11.4 Å². The van der Waals surface area contributed by atoms with Crippen molar-refractivity contribution >= 4 is 10.0 Å². The number of hydrogen-bond acceptors (Lipinski definition) is 5. The van der Waals surface area contributed by atoms with Crippen LogP contribution in [-0.2, 0) is 14.8 Å². The first-order chi connectivity index (χ1) is 9.47. The summed E-state index contributed by atoms with van der Waals surface area (Å²) in [6, 6.07) is 0. The maximum atomic E-state index is 11.6. The molecule has 0 aromatic rings. The molecular weight excluding hydrogens is 278 g/mol. The summed E-state index contributed by atoms with van der Waals surface area (Å²) in [5.74, 6) is 0.410. The molecule has 0 aromatic heterocycles. The van der Waals surface area contributed by atoms with E-state index in [0.717, 1.165) is 38.9 Å². The standard InChI is InChI=1S/C13H29N3O3S/c1-19-10-9-15(7-4-6-14)11-13-5-3-8-16(12-13)20(2,17)18/h13H,3-12,14H2,1-2H3. The number of ether oxygens (including phenoxy) is 1. The number of nitrogens with zero attached hydrogens (tertiary/aromatic N) is 2. The van der Waals surface area contributed by atoms with Crippen molar-refractivity contribution in [3.63, 3.8) is 0 Å². The second kappa shape index (κ2) is 8.94. The highest BCUT2D eigenvalue weighted by molar-refractivity contribution is 7.88. The van der Waals surface area contributed by atoms with Gasteiger partial charge in [0.15, 0.2) is 0 Å². The maximum absolute atomic E-state index is 11.6. The molecule has 20 heavy (non-hydrogen) atoms.